The Hall–Kier alpha value is -2.54. The molecule has 1 aliphatic carbocycles. The van der Waals surface area contributed by atoms with Crippen molar-refractivity contribution in [1.29, 1.82) is 5.26 Å². The quantitative estimate of drug-likeness (QED) is 0.878. The van der Waals surface area contributed by atoms with Crippen molar-refractivity contribution in [3.63, 3.8) is 0 Å². The number of anilines is 1. The highest BCUT2D eigenvalue weighted by atomic mass is 19.1. The van der Waals surface area contributed by atoms with E-state index in [0.717, 1.165) is 24.8 Å². The predicted octanol–water partition coefficient (Wildman–Crippen LogP) is 3.89. The molecule has 0 aromatic heterocycles. The van der Waals surface area contributed by atoms with Gasteiger partial charge in [0.05, 0.1) is 11.7 Å². The molecular formula is C17H15FN2O. The van der Waals surface area contributed by atoms with Gasteiger partial charge in [0.25, 0.3) is 0 Å². The lowest BCUT2D eigenvalue weighted by atomic mass is 9.87. The highest BCUT2D eigenvalue weighted by molar-refractivity contribution is 5.59. The molecule has 2 aromatic rings. The highest BCUT2D eigenvalue weighted by Crippen LogP contribution is 2.35. The van der Waals surface area contributed by atoms with Crippen LogP contribution in [0.2, 0.25) is 0 Å². The second-order valence-electron chi connectivity index (χ2n) is 5.25. The lowest BCUT2D eigenvalue weighted by molar-refractivity contribution is 0.471. The molecule has 2 N–H and O–H groups in total. The second kappa shape index (κ2) is 5.45. The molecule has 2 aromatic carbocycles. The summed E-state index contributed by atoms with van der Waals surface area (Å²) in [7, 11) is 0. The maximum absolute atomic E-state index is 13.7. The first-order chi connectivity index (χ1) is 10.2. The number of phenolic OH excluding ortho intramolecular Hbond substituents is 1. The Balaban J connectivity index is 1.96. The molecule has 0 bridgehead atoms. The summed E-state index contributed by atoms with van der Waals surface area (Å²) in [5, 5.41) is 22.0. The van der Waals surface area contributed by atoms with Crippen LogP contribution in [0.4, 0.5) is 10.1 Å². The van der Waals surface area contributed by atoms with Gasteiger partial charge < -0.3 is 10.4 Å². The number of aryl methyl sites for hydroxylation is 1. The van der Waals surface area contributed by atoms with E-state index in [0.29, 0.717) is 5.69 Å². The molecule has 0 fully saturated rings. The smallest absolute Gasteiger partial charge is 0.143 e. The number of hydrogen-bond donors (Lipinski definition) is 2. The molecule has 0 saturated carbocycles. The molecule has 0 amide bonds. The largest absolute Gasteiger partial charge is 0.508 e. The fourth-order valence-corrected chi connectivity index (χ4v) is 2.88. The Labute approximate surface area is 122 Å². The number of phenols is 1. The third-order valence-electron chi connectivity index (χ3n) is 3.90. The Kier molecular flexibility index (Phi) is 3.49. The number of fused-ring (bicyclic) bond motifs is 1. The van der Waals surface area contributed by atoms with Crippen LogP contribution in [-0.4, -0.2) is 5.11 Å². The van der Waals surface area contributed by atoms with Gasteiger partial charge in [-0.3, -0.25) is 0 Å². The van der Waals surface area contributed by atoms with Crippen molar-refractivity contribution in [2.45, 2.75) is 25.3 Å². The third-order valence-corrected chi connectivity index (χ3v) is 3.90. The van der Waals surface area contributed by atoms with Gasteiger partial charge in [0.1, 0.15) is 23.2 Å². The van der Waals surface area contributed by atoms with Crippen molar-refractivity contribution in [3.05, 3.63) is 58.9 Å². The molecule has 4 heteroatoms. The number of nitriles is 1. The van der Waals surface area contributed by atoms with E-state index < -0.39 is 5.82 Å². The predicted molar refractivity (Wildman–Crippen MR) is 78.5 cm³/mol. The van der Waals surface area contributed by atoms with Gasteiger partial charge in [0.2, 0.25) is 0 Å². The normalized spacial score (nSPS) is 16.9. The molecule has 0 saturated heterocycles. The van der Waals surface area contributed by atoms with E-state index in [1.54, 1.807) is 24.3 Å². The number of nitrogens with one attached hydrogen (secondary N) is 1. The van der Waals surface area contributed by atoms with Gasteiger partial charge in [-0.05, 0) is 54.7 Å². The minimum absolute atomic E-state index is 0.0188. The average molecular weight is 282 g/mol. The molecule has 1 unspecified atom stereocenters. The summed E-state index contributed by atoms with van der Waals surface area (Å²) in [6, 6.07) is 11.8. The van der Waals surface area contributed by atoms with Gasteiger partial charge in [0, 0.05) is 0 Å². The third kappa shape index (κ3) is 2.55. The van der Waals surface area contributed by atoms with Crippen molar-refractivity contribution in [2.75, 3.05) is 5.32 Å². The highest BCUT2D eigenvalue weighted by Gasteiger charge is 2.22. The summed E-state index contributed by atoms with van der Waals surface area (Å²) in [5.41, 5.74) is 2.74. The Morgan fingerprint density at radius 3 is 2.95 bits per heavy atom. The summed E-state index contributed by atoms with van der Waals surface area (Å²) in [4.78, 5) is 0. The van der Waals surface area contributed by atoms with E-state index in [2.05, 4.69) is 5.32 Å². The zero-order chi connectivity index (χ0) is 14.8. The summed E-state index contributed by atoms with van der Waals surface area (Å²) in [6.07, 6.45) is 2.88. The van der Waals surface area contributed by atoms with Crippen LogP contribution < -0.4 is 5.32 Å². The fourth-order valence-electron chi connectivity index (χ4n) is 2.88. The summed E-state index contributed by atoms with van der Waals surface area (Å²) >= 11 is 0. The van der Waals surface area contributed by atoms with E-state index in [-0.39, 0.29) is 17.4 Å². The average Bonchev–Trinajstić information content (AvgIpc) is 2.48. The van der Waals surface area contributed by atoms with E-state index >= 15 is 0 Å². The van der Waals surface area contributed by atoms with Crippen LogP contribution in [0.15, 0.2) is 36.4 Å². The molecular weight excluding hydrogens is 267 g/mol. The standard InChI is InChI=1S/C17H15FN2O/c18-15-4-2-6-17(14(15)10-19)20-16-5-1-3-11-7-8-12(21)9-13(11)16/h2,4,6-9,16,20-21H,1,3,5H2. The summed E-state index contributed by atoms with van der Waals surface area (Å²) in [6.45, 7) is 0. The minimum atomic E-state index is -0.519. The monoisotopic (exact) mass is 282 g/mol. The molecule has 1 aliphatic rings. The molecule has 3 rings (SSSR count). The van der Waals surface area contributed by atoms with Gasteiger partial charge in [0.15, 0.2) is 0 Å². The molecule has 106 valence electrons. The molecule has 0 heterocycles. The first kappa shape index (κ1) is 13.4. The molecule has 1 atom stereocenters. The van der Waals surface area contributed by atoms with Crippen LogP contribution in [0.3, 0.4) is 0 Å². The van der Waals surface area contributed by atoms with Gasteiger partial charge in [-0.1, -0.05) is 12.1 Å². The SMILES string of the molecule is N#Cc1c(F)cccc1NC1CCCc2ccc(O)cc21. The van der Waals surface area contributed by atoms with Crippen molar-refractivity contribution < 1.29 is 9.50 Å². The summed E-state index contributed by atoms with van der Waals surface area (Å²) < 4.78 is 13.7. The maximum Gasteiger partial charge on any atom is 0.143 e. The van der Waals surface area contributed by atoms with Crippen molar-refractivity contribution in [3.8, 4) is 11.8 Å². The lowest BCUT2D eigenvalue weighted by Gasteiger charge is -2.27. The van der Waals surface area contributed by atoms with Crippen LogP contribution in [0.25, 0.3) is 0 Å². The number of aromatic hydroxyl groups is 1. The van der Waals surface area contributed by atoms with Crippen LogP contribution >= 0.6 is 0 Å². The first-order valence-corrected chi connectivity index (χ1v) is 6.96. The van der Waals surface area contributed by atoms with Crippen molar-refractivity contribution in [1.82, 2.24) is 0 Å². The zero-order valence-corrected chi connectivity index (χ0v) is 11.4. The Morgan fingerprint density at radius 1 is 1.29 bits per heavy atom. The van der Waals surface area contributed by atoms with Gasteiger partial charge >= 0.3 is 0 Å². The Bertz CT molecular complexity index is 721. The van der Waals surface area contributed by atoms with Crippen molar-refractivity contribution in [2.24, 2.45) is 0 Å². The van der Waals surface area contributed by atoms with Crippen LogP contribution in [0, 0.1) is 17.1 Å². The van der Waals surface area contributed by atoms with Crippen LogP contribution in [0.1, 0.15) is 35.6 Å². The number of halogens is 1. The van der Waals surface area contributed by atoms with E-state index in [4.69, 9.17) is 5.26 Å². The van der Waals surface area contributed by atoms with Gasteiger partial charge in [-0.15, -0.1) is 0 Å². The lowest BCUT2D eigenvalue weighted by Crippen LogP contribution is -2.18. The molecule has 3 nitrogen and oxygen atoms in total. The zero-order valence-electron chi connectivity index (χ0n) is 11.4. The number of nitrogens with zero attached hydrogens (tertiary/aromatic N) is 1. The second-order valence-corrected chi connectivity index (χ2v) is 5.25. The van der Waals surface area contributed by atoms with E-state index in [9.17, 15) is 9.50 Å². The van der Waals surface area contributed by atoms with Crippen LogP contribution in [-0.2, 0) is 6.42 Å². The fraction of sp³-hybridized carbons (Fsp3) is 0.235. The minimum Gasteiger partial charge on any atom is -0.508 e. The molecule has 21 heavy (non-hydrogen) atoms. The first-order valence-electron chi connectivity index (χ1n) is 6.96. The molecule has 0 aliphatic heterocycles. The van der Waals surface area contributed by atoms with E-state index in [1.807, 2.05) is 12.1 Å². The Morgan fingerprint density at radius 2 is 2.14 bits per heavy atom. The van der Waals surface area contributed by atoms with Gasteiger partial charge in [-0.25, -0.2) is 4.39 Å². The topological polar surface area (TPSA) is 56.0 Å². The molecule has 0 radical (unpaired) electrons. The summed E-state index contributed by atoms with van der Waals surface area (Å²) in [5.74, 6) is -0.295. The van der Waals surface area contributed by atoms with Crippen molar-refractivity contribution >= 4 is 5.69 Å². The van der Waals surface area contributed by atoms with Crippen LogP contribution in [0.5, 0.6) is 5.75 Å². The number of hydrogen-bond acceptors (Lipinski definition) is 3. The van der Waals surface area contributed by atoms with Gasteiger partial charge in [-0.2, -0.15) is 5.26 Å². The van der Waals surface area contributed by atoms with E-state index in [1.165, 1.54) is 11.6 Å². The number of benzene rings is 2. The molecule has 0 spiro atoms. The maximum atomic E-state index is 13.7. The number of rotatable bonds is 2.